The minimum atomic E-state index is -1.03. The van der Waals surface area contributed by atoms with E-state index in [1.807, 2.05) is 0 Å². The van der Waals surface area contributed by atoms with Crippen LogP contribution >= 0.6 is 11.8 Å². The summed E-state index contributed by atoms with van der Waals surface area (Å²) < 4.78 is 5.05. The number of nitrogens with zero attached hydrogens (tertiary/aromatic N) is 1. The number of H-pyrrole nitrogens is 1. The third-order valence-electron chi connectivity index (χ3n) is 2.52. The van der Waals surface area contributed by atoms with E-state index in [2.05, 4.69) is 9.97 Å². The lowest BCUT2D eigenvalue weighted by atomic mass is 10.1. The lowest BCUT2D eigenvalue weighted by molar-refractivity contribution is 0.0693. The quantitative estimate of drug-likeness (QED) is 0.644. The molecule has 0 aliphatic rings. The molecular weight excluding hydrogens is 280 g/mol. The molecule has 1 aromatic heterocycles. The number of thioether (sulfide) groups is 1. The average Bonchev–Trinajstić information content (AvgIpc) is 2.44. The first-order valence-electron chi connectivity index (χ1n) is 5.68. The van der Waals surface area contributed by atoms with E-state index >= 15 is 0 Å². The van der Waals surface area contributed by atoms with Gasteiger partial charge in [0.15, 0.2) is 5.16 Å². The second-order valence-corrected chi connectivity index (χ2v) is 4.83. The Morgan fingerprint density at radius 1 is 1.45 bits per heavy atom. The first-order valence-corrected chi connectivity index (χ1v) is 6.67. The van der Waals surface area contributed by atoms with Crippen LogP contribution in [0.4, 0.5) is 0 Å². The molecule has 2 N–H and O–H groups in total. The fraction of sp³-hybridized carbons (Fsp3) is 0.154. The maximum atomic E-state index is 11.1. The van der Waals surface area contributed by atoms with Crippen molar-refractivity contribution in [1.29, 1.82) is 0 Å². The van der Waals surface area contributed by atoms with E-state index in [-0.39, 0.29) is 11.1 Å². The number of carbonyl (C=O) groups is 1. The molecule has 1 heterocycles. The summed E-state index contributed by atoms with van der Waals surface area (Å²) in [6.07, 6.45) is 1.44. The molecule has 0 amide bonds. The van der Waals surface area contributed by atoms with Crippen LogP contribution in [0, 0.1) is 0 Å². The van der Waals surface area contributed by atoms with Gasteiger partial charge in [0.05, 0.1) is 7.11 Å². The van der Waals surface area contributed by atoms with E-state index < -0.39 is 5.97 Å². The number of aromatic carboxylic acids is 1. The number of aromatic nitrogens is 2. The van der Waals surface area contributed by atoms with Gasteiger partial charge < -0.3 is 14.8 Å². The second-order valence-electron chi connectivity index (χ2n) is 3.87. The standard InChI is InChI=1S/C13H12N2O4S/c1-19-10-6-8(2-3-9(10)12(17)18)7-20-13-14-5-4-11(16)15-13/h2-6H,7H2,1H3,(H,17,18)(H,14,15,16). The van der Waals surface area contributed by atoms with Gasteiger partial charge in [-0.1, -0.05) is 17.8 Å². The number of hydrogen-bond acceptors (Lipinski definition) is 5. The number of benzene rings is 1. The summed E-state index contributed by atoms with van der Waals surface area (Å²) in [7, 11) is 1.43. The maximum absolute atomic E-state index is 11.1. The Kier molecular flexibility index (Phi) is 4.41. The van der Waals surface area contributed by atoms with E-state index in [9.17, 15) is 9.59 Å². The van der Waals surface area contributed by atoms with Gasteiger partial charge in [-0.3, -0.25) is 4.79 Å². The molecule has 0 bridgehead atoms. The lowest BCUT2D eigenvalue weighted by Gasteiger charge is -2.07. The van der Waals surface area contributed by atoms with Crippen LogP contribution in [-0.4, -0.2) is 28.2 Å². The van der Waals surface area contributed by atoms with Crippen LogP contribution < -0.4 is 10.3 Å². The van der Waals surface area contributed by atoms with Crippen LogP contribution in [0.2, 0.25) is 0 Å². The fourth-order valence-electron chi connectivity index (χ4n) is 1.58. The van der Waals surface area contributed by atoms with Crippen LogP contribution in [0.5, 0.6) is 5.75 Å². The van der Waals surface area contributed by atoms with Crippen molar-refractivity contribution >= 4 is 17.7 Å². The van der Waals surface area contributed by atoms with E-state index in [1.54, 1.807) is 12.1 Å². The molecule has 0 unspecified atom stereocenters. The van der Waals surface area contributed by atoms with Gasteiger partial charge in [0.2, 0.25) is 0 Å². The third kappa shape index (κ3) is 3.39. The van der Waals surface area contributed by atoms with Gasteiger partial charge in [0.1, 0.15) is 11.3 Å². The highest BCUT2D eigenvalue weighted by Crippen LogP contribution is 2.24. The topological polar surface area (TPSA) is 92.3 Å². The summed E-state index contributed by atoms with van der Waals surface area (Å²) >= 11 is 1.35. The Balaban J connectivity index is 2.14. The number of carboxylic acids is 1. The molecule has 6 nitrogen and oxygen atoms in total. The predicted octanol–water partition coefficient (Wildman–Crippen LogP) is 1.77. The van der Waals surface area contributed by atoms with Crippen molar-refractivity contribution < 1.29 is 14.6 Å². The molecule has 0 fully saturated rings. The average molecular weight is 292 g/mol. The second kappa shape index (κ2) is 6.25. The molecule has 104 valence electrons. The summed E-state index contributed by atoms with van der Waals surface area (Å²) in [5.74, 6) is -0.177. The predicted molar refractivity (Wildman–Crippen MR) is 74.4 cm³/mol. The maximum Gasteiger partial charge on any atom is 0.339 e. The zero-order chi connectivity index (χ0) is 14.5. The van der Waals surface area contributed by atoms with Gasteiger partial charge in [0.25, 0.3) is 5.56 Å². The fourth-order valence-corrected chi connectivity index (χ4v) is 2.37. The van der Waals surface area contributed by atoms with Gasteiger partial charge in [0, 0.05) is 18.0 Å². The largest absolute Gasteiger partial charge is 0.496 e. The van der Waals surface area contributed by atoms with E-state index in [0.29, 0.717) is 16.7 Å². The number of hydrogen-bond donors (Lipinski definition) is 2. The van der Waals surface area contributed by atoms with Crippen molar-refractivity contribution in [2.24, 2.45) is 0 Å². The normalized spacial score (nSPS) is 10.2. The number of aromatic amines is 1. The molecule has 0 saturated heterocycles. The SMILES string of the molecule is COc1cc(CSc2nccc(=O)[nH]2)ccc1C(=O)O. The highest BCUT2D eigenvalue weighted by atomic mass is 32.2. The van der Waals surface area contributed by atoms with Gasteiger partial charge in [-0.15, -0.1) is 0 Å². The molecule has 0 atom stereocenters. The monoisotopic (exact) mass is 292 g/mol. The molecule has 0 aliphatic carbocycles. The number of nitrogens with one attached hydrogen (secondary N) is 1. The van der Waals surface area contributed by atoms with Crippen molar-refractivity contribution in [3.05, 3.63) is 51.9 Å². The van der Waals surface area contributed by atoms with Crippen LogP contribution in [0.15, 0.2) is 40.4 Å². The van der Waals surface area contributed by atoms with Crippen LogP contribution in [0.1, 0.15) is 15.9 Å². The molecule has 2 rings (SSSR count). The van der Waals surface area contributed by atoms with Crippen molar-refractivity contribution in [3.63, 3.8) is 0 Å². The van der Waals surface area contributed by atoms with Crippen LogP contribution in [0.25, 0.3) is 0 Å². The van der Waals surface area contributed by atoms with Crippen LogP contribution in [-0.2, 0) is 5.75 Å². The zero-order valence-corrected chi connectivity index (χ0v) is 11.4. The highest BCUT2D eigenvalue weighted by molar-refractivity contribution is 7.98. The Hall–Kier alpha value is -2.28. The first kappa shape index (κ1) is 14.1. The van der Waals surface area contributed by atoms with Crippen molar-refractivity contribution in [2.75, 3.05) is 7.11 Å². The molecule has 0 saturated carbocycles. The number of methoxy groups -OCH3 is 1. The highest BCUT2D eigenvalue weighted by Gasteiger charge is 2.11. The van der Waals surface area contributed by atoms with Gasteiger partial charge in [-0.25, -0.2) is 9.78 Å². The van der Waals surface area contributed by atoms with E-state index in [4.69, 9.17) is 9.84 Å². The Labute approximate surface area is 118 Å². The Morgan fingerprint density at radius 3 is 2.90 bits per heavy atom. The molecule has 0 aliphatic heterocycles. The summed E-state index contributed by atoms with van der Waals surface area (Å²) in [6, 6.07) is 6.21. The molecule has 2 aromatic rings. The lowest BCUT2D eigenvalue weighted by Crippen LogP contribution is -2.05. The summed E-state index contributed by atoms with van der Waals surface area (Å²) in [4.78, 5) is 28.7. The van der Waals surface area contributed by atoms with Gasteiger partial charge in [-0.2, -0.15) is 0 Å². The molecule has 7 heteroatoms. The summed E-state index contributed by atoms with van der Waals surface area (Å²) in [5, 5.41) is 9.50. The minimum absolute atomic E-state index is 0.118. The van der Waals surface area contributed by atoms with Crippen molar-refractivity contribution in [1.82, 2.24) is 9.97 Å². The Bertz CT molecular complexity index is 684. The minimum Gasteiger partial charge on any atom is -0.496 e. The summed E-state index contributed by atoms with van der Waals surface area (Å²) in [5.41, 5.74) is 0.789. The van der Waals surface area contributed by atoms with Crippen LogP contribution in [0.3, 0.4) is 0 Å². The zero-order valence-electron chi connectivity index (χ0n) is 10.6. The molecule has 0 radical (unpaired) electrons. The first-order chi connectivity index (χ1) is 9.60. The molecule has 20 heavy (non-hydrogen) atoms. The summed E-state index contributed by atoms with van der Waals surface area (Å²) in [6.45, 7) is 0. The van der Waals surface area contributed by atoms with Gasteiger partial charge in [-0.05, 0) is 17.7 Å². The Morgan fingerprint density at radius 2 is 2.25 bits per heavy atom. The van der Waals surface area contributed by atoms with E-state index in [0.717, 1.165) is 5.56 Å². The van der Waals surface area contributed by atoms with Crippen molar-refractivity contribution in [3.8, 4) is 5.75 Å². The third-order valence-corrected chi connectivity index (χ3v) is 3.48. The molecule has 1 aromatic carbocycles. The van der Waals surface area contributed by atoms with E-state index in [1.165, 1.54) is 37.2 Å². The molecular formula is C13H12N2O4S. The molecule has 0 spiro atoms. The van der Waals surface area contributed by atoms with Crippen molar-refractivity contribution in [2.45, 2.75) is 10.9 Å². The number of rotatable bonds is 5. The van der Waals surface area contributed by atoms with Gasteiger partial charge >= 0.3 is 5.97 Å². The smallest absolute Gasteiger partial charge is 0.339 e. The number of carboxylic acid groups (broad SMARTS) is 1. The number of ether oxygens (including phenoxy) is 1.